The molecule has 0 saturated heterocycles. The summed E-state index contributed by atoms with van der Waals surface area (Å²) in [5, 5.41) is 1.88. The van der Waals surface area contributed by atoms with Crippen LogP contribution < -0.4 is 11.1 Å². The van der Waals surface area contributed by atoms with Crippen LogP contribution in [0.15, 0.2) is 24.3 Å². The Labute approximate surface area is 157 Å². The lowest BCUT2D eigenvalue weighted by Gasteiger charge is -2.34. The Kier molecular flexibility index (Phi) is 6.22. The average molecular weight is 397 g/mol. The molecule has 1 aliphatic heterocycles. The summed E-state index contributed by atoms with van der Waals surface area (Å²) in [5.41, 5.74) is 6.58. The Morgan fingerprint density at radius 2 is 1.81 bits per heavy atom. The molecule has 1 aromatic carbocycles. The minimum Gasteiger partial charge on any atom is -0.451 e. The number of urea groups is 1. The molecule has 2 atom stereocenters. The molecule has 0 spiro atoms. The van der Waals surface area contributed by atoms with Crippen molar-refractivity contribution in [2.45, 2.75) is 39.0 Å². The van der Waals surface area contributed by atoms with Gasteiger partial charge in [-0.05, 0) is 17.0 Å². The van der Waals surface area contributed by atoms with E-state index in [1.807, 2.05) is 11.4 Å². The molecule has 9 nitrogen and oxygen atoms in total. The molecule has 0 aromatic heterocycles. The quantitative estimate of drug-likeness (QED) is 0.678. The molecule has 10 heteroatoms. The van der Waals surface area contributed by atoms with E-state index in [0.717, 1.165) is 21.7 Å². The number of amides is 3. The van der Waals surface area contributed by atoms with E-state index in [1.54, 1.807) is 32.0 Å². The molecule has 148 valence electrons. The van der Waals surface area contributed by atoms with Crippen LogP contribution in [0.3, 0.4) is 0 Å². The van der Waals surface area contributed by atoms with Gasteiger partial charge in [-0.25, -0.2) is 13.2 Å². The maximum absolute atomic E-state index is 12.7. The lowest BCUT2D eigenvalue weighted by molar-refractivity contribution is -0.162. The fourth-order valence-electron chi connectivity index (χ4n) is 2.94. The van der Waals surface area contributed by atoms with Crippen LogP contribution in [-0.4, -0.2) is 49.0 Å². The standard InChI is InChI=1S/C17H23N3O6S/c1-10(2)14(15(21)19-17(18)23)26-16(22)13-8-11-6-4-5-7-12(11)9-20(13)27(3,24)25/h4-7,10,13-14H,8-9H2,1-3H3,(H3,18,19,21,23)/t13-,14-/m0/s1. The number of primary amides is 1. The second kappa shape index (κ2) is 8.05. The summed E-state index contributed by atoms with van der Waals surface area (Å²) in [5.74, 6) is -2.16. The fraction of sp³-hybridized carbons (Fsp3) is 0.471. The number of ether oxygens (including phenoxy) is 1. The summed E-state index contributed by atoms with van der Waals surface area (Å²) in [6.07, 6.45) is -0.130. The van der Waals surface area contributed by atoms with Crippen molar-refractivity contribution in [3.63, 3.8) is 0 Å². The maximum Gasteiger partial charge on any atom is 0.325 e. The number of hydrogen-bond donors (Lipinski definition) is 2. The van der Waals surface area contributed by atoms with E-state index in [0.29, 0.717) is 0 Å². The molecule has 27 heavy (non-hydrogen) atoms. The van der Waals surface area contributed by atoms with Crippen molar-refractivity contribution in [3.05, 3.63) is 35.4 Å². The zero-order chi connectivity index (χ0) is 20.4. The highest BCUT2D eigenvalue weighted by Gasteiger charge is 2.40. The van der Waals surface area contributed by atoms with Gasteiger partial charge in [0.1, 0.15) is 6.04 Å². The second-order valence-electron chi connectivity index (χ2n) is 6.75. The number of rotatable bonds is 5. The fourth-order valence-corrected chi connectivity index (χ4v) is 3.93. The number of nitrogens with zero attached hydrogens (tertiary/aromatic N) is 1. The number of fused-ring (bicyclic) bond motifs is 1. The van der Waals surface area contributed by atoms with Gasteiger partial charge in [0.05, 0.1) is 6.26 Å². The summed E-state index contributed by atoms with van der Waals surface area (Å²) >= 11 is 0. The highest BCUT2D eigenvalue weighted by molar-refractivity contribution is 7.88. The van der Waals surface area contributed by atoms with E-state index in [2.05, 4.69) is 0 Å². The van der Waals surface area contributed by atoms with Gasteiger partial charge in [-0.2, -0.15) is 4.31 Å². The van der Waals surface area contributed by atoms with Crippen molar-refractivity contribution >= 4 is 27.9 Å². The first-order valence-electron chi connectivity index (χ1n) is 8.35. The first-order chi connectivity index (χ1) is 12.5. The van der Waals surface area contributed by atoms with E-state index >= 15 is 0 Å². The summed E-state index contributed by atoms with van der Waals surface area (Å²) in [6.45, 7) is 3.29. The molecular formula is C17H23N3O6S. The highest BCUT2D eigenvalue weighted by atomic mass is 32.2. The number of benzene rings is 1. The van der Waals surface area contributed by atoms with Crippen LogP contribution in [0.25, 0.3) is 0 Å². The van der Waals surface area contributed by atoms with Crippen molar-refractivity contribution < 1.29 is 27.5 Å². The van der Waals surface area contributed by atoms with E-state index in [9.17, 15) is 22.8 Å². The second-order valence-corrected chi connectivity index (χ2v) is 8.69. The summed E-state index contributed by atoms with van der Waals surface area (Å²) in [6, 6.07) is 5.04. The van der Waals surface area contributed by atoms with Gasteiger partial charge < -0.3 is 10.5 Å². The number of nitrogens with one attached hydrogen (secondary N) is 1. The molecule has 3 amide bonds. The van der Waals surface area contributed by atoms with Crippen molar-refractivity contribution in [1.82, 2.24) is 9.62 Å². The maximum atomic E-state index is 12.7. The van der Waals surface area contributed by atoms with E-state index in [-0.39, 0.29) is 13.0 Å². The van der Waals surface area contributed by atoms with Crippen molar-refractivity contribution in [2.24, 2.45) is 11.7 Å². The molecule has 0 radical (unpaired) electrons. The minimum atomic E-state index is -3.70. The van der Waals surface area contributed by atoms with Gasteiger partial charge in [0.25, 0.3) is 5.91 Å². The van der Waals surface area contributed by atoms with Gasteiger partial charge in [0.15, 0.2) is 6.10 Å². The molecule has 0 fully saturated rings. The largest absolute Gasteiger partial charge is 0.451 e. The summed E-state index contributed by atoms with van der Waals surface area (Å²) < 4.78 is 30.7. The van der Waals surface area contributed by atoms with Gasteiger partial charge >= 0.3 is 12.0 Å². The summed E-state index contributed by atoms with van der Waals surface area (Å²) in [7, 11) is -3.70. The Bertz CT molecular complexity index is 852. The first-order valence-corrected chi connectivity index (χ1v) is 10.2. The number of carbonyl (C=O) groups excluding carboxylic acids is 3. The van der Waals surface area contributed by atoms with Gasteiger partial charge in [-0.15, -0.1) is 0 Å². The molecule has 0 bridgehead atoms. The highest BCUT2D eigenvalue weighted by Crippen LogP contribution is 2.26. The van der Waals surface area contributed by atoms with Gasteiger partial charge in [-0.1, -0.05) is 38.1 Å². The van der Waals surface area contributed by atoms with Gasteiger partial charge in [0, 0.05) is 13.0 Å². The van der Waals surface area contributed by atoms with Crippen molar-refractivity contribution in [1.29, 1.82) is 0 Å². The van der Waals surface area contributed by atoms with Crippen LogP contribution >= 0.6 is 0 Å². The molecular weight excluding hydrogens is 374 g/mol. The Morgan fingerprint density at radius 3 is 2.33 bits per heavy atom. The minimum absolute atomic E-state index is 0.0363. The smallest absolute Gasteiger partial charge is 0.325 e. The van der Waals surface area contributed by atoms with Crippen molar-refractivity contribution in [2.75, 3.05) is 6.26 Å². The molecule has 2 rings (SSSR count). The zero-order valence-corrected chi connectivity index (χ0v) is 16.2. The van der Waals surface area contributed by atoms with E-state index in [4.69, 9.17) is 10.5 Å². The molecule has 1 aliphatic rings. The van der Waals surface area contributed by atoms with Crippen LogP contribution in [0.2, 0.25) is 0 Å². The number of nitrogens with two attached hydrogens (primary N) is 1. The lowest BCUT2D eigenvalue weighted by Crippen LogP contribution is -2.52. The predicted octanol–water partition coefficient (Wildman–Crippen LogP) is 0.136. The lowest BCUT2D eigenvalue weighted by atomic mass is 9.96. The van der Waals surface area contributed by atoms with Gasteiger partial charge in [0.2, 0.25) is 10.0 Å². The third-order valence-electron chi connectivity index (χ3n) is 4.26. The third kappa shape index (κ3) is 5.04. The molecule has 1 heterocycles. The van der Waals surface area contributed by atoms with Crippen molar-refractivity contribution in [3.8, 4) is 0 Å². The van der Waals surface area contributed by atoms with Crippen LogP contribution in [-0.2, 0) is 37.3 Å². The molecule has 3 N–H and O–H groups in total. The van der Waals surface area contributed by atoms with E-state index in [1.165, 1.54) is 0 Å². The van der Waals surface area contributed by atoms with Crippen LogP contribution in [0.1, 0.15) is 25.0 Å². The van der Waals surface area contributed by atoms with Crippen LogP contribution in [0.4, 0.5) is 4.79 Å². The van der Waals surface area contributed by atoms with Crippen LogP contribution in [0, 0.1) is 5.92 Å². The van der Waals surface area contributed by atoms with Crippen LogP contribution in [0.5, 0.6) is 0 Å². The monoisotopic (exact) mass is 397 g/mol. The Morgan fingerprint density at radius 1 is 1.22 bits per heavy atom. The zero-order valence-electron chi connectivity index (χ0n) is 15.3. The molecule has 1 aromatic rings. The normalized spacial score (nSPS) is 18.4. The average Bonchev–Trinajstić information content (AvgIpc) is 2.56. The number of sulfonamides is 1. The topological polar surface area (TPSA) is 136 Å². The number of carbonyl (C=O) groups is 3. The SMILES string of the molecule is CC(C)[C@H](OC(=O)[C@@H]1Cc2ccccc2CN1S(C)(=O)=O)C(=O)NC(N)=O. The predicted molar refractivity (Wildman–Crippen MR) is 96.8 cm³/mol. The van der Waals surface area contributed by atoms with E-state index < -0.39 is 46.0 Å². The summed E-state index contributed by atoms with van der Waals surface area (Å²) in [4.78, 5) is 35.7. The molecule has 0 saturated carbocycles. The Hall–Kier alpha value is -2.46. The Balaban J connectivity index is 2.28. The number of esters is 1. The van der Waals surface area contributed by atoms with Gasteiger partial charge in [-0.3, -0.25) is 14.9 Å². The first kappa shape index (κ1) is 20.8. The molecule has 0 unspecified atom stereocenters. The number of hydrogen-bond acceptors (Lipinski definition) is 6. The molecule has 0 aliphatic carbocycles. The third-order valence-corrected chi connectivity index (χ3v) is 5.49. The number of imide groups is 1.